The monoisotopic (exact) mass is 670 g/mol. The summed E-state index contributed by atoms with van der Waals surface area (Å²) in [6.07, 6.45) is 2.09. The van der Waals surface area contributed by atoms with Crippen LogP contribution < -0.4 is 5.32 Å². The zero-order chi connectivity index (χ0) is 34.8. The number of thiazole rings is 1. The lowest BCUT2D eigenvalue weighted by Gasteiger charge is -2.35. The summed E-state index contributed by atoms with van der Waals surface area (Å²) in [6, 6.07) is 8.59. The van der Waals surface area contributed by atoms with Gasteiger partial charge in [-0.15, -0.1) is 11.3 Å². The number of carboxylic acid groups (broad SMARTS) is 1. The summed E-state index contributed by atoms with van der Waals surface area (Å²) in [7, 11) is 3.65. The van der Waals surface area contributed by atoms with Gasteiger partial charge in [-0.3, -0.25) is 28.9 Å². The summed E-state index contributed by atoms with van der Waals surface area (Å²) in [5, 5.41) is 14.5. The van der Waals surface area contributed by atoms with Gasteiger partial charge in [0.25, 0.3) is 5.91 Å². The number of amides is 2. The third-order valence-electron chi connectivity index (χ3n) is 8.95. The molecule has 47 heavy (non-hydrogen) atoms. The molecular weight excluding hydrogens is 620 g/mol. The van der Waals surface area contributed by atoms with Gasteiger partial charge < -0.3 is 20.1 Å². The molecule has 2 N–H and O–H groups in total. The fraction of sp³-hybridized carbons (Fsp3) is 0.600. The van der Waals surface area contributed by atoms with Gasteiger partial charge in [-0.05, 0) is 50.8 Å². The number of carbonyl (C=O) groups is 5. The minimum atomic E-state index is -0.942. The molecule has 0 spiro atoms. The highest BCUT2D eigenvalue weighted by atomic mass is 32.1. The van der Waals surface area contributed by atoms with Crippen molar-refractivity contribution in [3.8, 4) is 0 Å². The SMILES string of the molecule is CC(=O)O[C@H](C[C@H](C(C)C)N(C)C(=O)[C@H](C)CC(=O)[C@H]1CCCN1C)c1nc(C(=O)N[C@@H](Cc2ccccc2)C[C@H](C)C(=O)O)cs1. The molecule has 1 aliphatic heterocycles. The second-order valence-electron chi connectivity index (χ2n) is 13.2. The van der Waals surface area contributed by atoms with E-state index in [9.17, 15) is 29.1 Å². The van der Waals surface area contributed by atoms with Gasteiger partial charge in [-0.2, -0.15) is 0 Å². The van der Waals surface area contributed by atoms with E-state index in [4.69, 9.17) is 4.74 Å². The number of nitrogens with one attached hydrogen (secondary N) is 1. The molecule has 1 aliphatic rings. The minimum absolute atomic E-state index is 0.0106. The van der Waals surface area contributed by atoms with E-state index < -0.39 is 41.8 Å². The number of aromatic nitrogens is 1. The second-order valence-corrected chi connectivity index (χ2v) is 14.1. The Kier molecular flexibility index (Phi) is 14.1. The van der Waals surface area contributed by atoms with Crippen molar-refractivity contribution in [1.82, 2.24) is 20.1 Å². The Bertz CT molecular complexity index is 1380. The molecule has 0 saturated carbocycles. The molecule has 2 aromatic rings. The van der Waals surface area contributed by atoms with Crippen LogP contribution in [0.3, 0.4) is 0 Å². The van der Waals surface area contributed by atoms with Crippen molar-refractivity contribution >= 4 is 40.9 Å². The van der Waals surface area contributed by atoms with Gasteiger partial charge in [-0.1, -0.05) is 58.0 Å². The van der Waals surface area contributed by atoms with Gasteiger partial charge in [0, 0.05) is 50.2 Å². The Morgan fingerprint density at radius 2 is 1.77 bits per heavy atom. The maximum Gasteiger partial charge on any atom is 0.306 e. The summed E-state index contributed by atoms with van der Waals surface area (Å²) < 4.78 is 5.70. The first-order valence-corrected chi connectivity index (χ1v) is 17.3. The molecule has 11 nitrogen and oxygen atoms in total. The number of hydrogen-bond acceptors (Lipinski definition) is 9. The summed E-state index contributed by atoms with van der Waals surface area (Å²) in [4.78, 5) is 71.9. The number of esters is 1. The molecule has 1 aromatic heterocycles. The maximum absolute atomic E-state index is 13.6. The molecule has 2 heterocycles. The van der Waals surface area contributed by atoms with Crippen LogP contribution in [0.4, 0.5) is 0 Å². The molecule has 3 rings (SSSR count). The first-order chi connectivity index (χ1) is 22.2. The van der Waals surface area contributed by atoms with Crippen LogP contribution >= 0.6 is 11.3 Å². The van der Waals surface area contributed by atoms with Gasteiger partial charge in [0.15, 0.2) is 11.9 Å². The number of ether oxygens (including phenoxy) is 1. The molecule has 12 heteroatoms. The first kappa shape index (κ1) is 37.8. The summed E-state index contributed by atoms with van der Waals surface area (Å²) in [5.74, 6) is -3.16. The molecule has 0 radical (unpaired) electrons. The quantitative estimate of drug-likeness (QED) is 0.228. The lowest BCUT2D eigenvalue weighted by molar-refractivity contribution is -0.149. The highest BCUT2D eigenvalue weighted by Gasteiger charge is 2.35. The third-order valence-corrected chi connectivity index (χ3v) is 9.89. The smallest absolute Gasteiger partial charge is 0.306 e. The summed E-state index contributed by atoms with van der Waals surface area (Å²) in [5.41, 5.74) is 1.10. The average molecular weight is 671 g/mol. The van der Waals surface area contributed by atoms with Crippen molar-refractivity contribution in [2.24, 2.45) is 17.8 Å². The largest absolute Gasteiger partial charge is 0.481 e. The number of Topliss-reactive ketones (excluding diaryl/α,β-unsaturated/α-hetero) is 1. The highest BCUT2D eigenvalue weighted by molar-refractivity contribution is 7.09. The number of benzene rings is 1. The minimum Gasteiger partial charge on any atom is -0.481 e. The number of carboxylic acids is 1. The number of ketones is 1. The van der Waals surface area contributed by atoms with Gasteiger partial charge in [0.2, 0.25) is 5.91 Å². The lowest BCUT2D eigenvalue weighted by Crippen LogP contribution is -2.45. The number of rotatable bonds is 17. The van der Waals surface area contributed by atoms with Gasteiger partial charge in [0.05, 0.1) is 12.0 Å². The van der Waals surface area contributed by atoms with Crippen LogP contribution in [0.15, 0.2) is 35.7 Å². The van der Waals surface area contributed by atoms with Crippen LogP contribution in [0.25, 0.3) is 0 Å². The van der Waals surface area contributed by atoms with Crippen molar-refractivity contribution in [3.05, 3.63) is 52.0 Å². The van der Waals surface area contributed by atoms with Crippen molar-refractivity contribution in [2.45, 2.75) is 97.4 Å². The van der Waals surface area contributed by atoms with E-state index in [2.05, 4.69) is 10.3 Å². The Morgan fingerprint density at radius 1 is 1.09 bits per heavy atom. The van der Waals surface area contributed by atoms with E-state index >= 15 is 0 Å². The molecule has 1 fully saturated rings. The number of carbonyl (C=O) groups excluding carboxylic acids is 4. The Balaban J connectivity index is 1.74. The highest BCUT2D eigenvalue weighted by Crippen LogP contribution is 2.31. The Morgan fingerprint density at radius 3 is 2.34 bits per heavy atom. The number of likely N-dealkylation sites (N-methyl/N-ethyl adjacent to an activating group) is 1. The van der Waals surface area contributed by atoms with Crippen LogP contribution in [0.1, 0.15) is 93.9 Å². The summed E-state index contributed by atoms with van der Waals surface area (Å²) >= 11 is 1.18. The maximum atomic E-state index is 13.6. The van der Waals surface area contributed by atoms with Crippen LogP contribution in [0.5, 0.6) is 0 Å². The molecule has 1 saturated heterocycles. The van der Waals surface area contributed by atoms with Crippen LogP contribution in [-0.2, 0) is 30.3 Å². The van der Waals surface area contributed by atoms with E-state index in [0.717, 1.165) is 24.9 Å². The van der Waals surface area contributed by atoms with Crippen LogP contribution in [0, 0.1) is 17.8 Å². The van der Waals surface area contributed by atoms with Gasteiger partial charge in [0.1, 0.15) is 10.7 Å². The molecule has 258 valence electrons. The van der Waals surface area contributed by atoms with Crippen molar-refractivity contribution in [3.63, 3.8) is 0 Å². The van der Waals surface area contributed by atoms with E-state index in [1.54, 1.807) is 31.2 Å². The predicted molar refractivity (Wildman–Crippen MR) is 180 cm³/mol. The normalized spacial score (nSPS) is 18.2. The second kappa shape index (κ2) is 17.5. The van der Waals surface area contributed by atoms with Crippen molar-refractivity contribution in [1.29, 1.82) is 0 Å². The number of aliphatic carboxylic acids is 1. The standard InChI is InChI=1S/C35H50N4O7S/c1-21(2)29(39(7)34(43)22(3)17-30(41)28-14-11-15-38(28)6)19-31(46-24(5)40)33-37-27(20-47-33)32(42)36-26(16-23(4)35(44)45)18-25-12-9-8-10-13-25/h8-10,12-13,20-23,26,28-29,31H,11,14-19H2,1-7H3,(H,36,42)(H,44,45)/t22-,23+,26-,28-,29-,31-/m1/s1. The number of nitrogens with zero attached hydrogens (tertiary/aromatic N) is 3. The topological polar surface area (TPSA) is 146 Å². The van der Waals surface area contributed by atoms with Crippen molar-refractivity contribution < 1.29 is 33.8 Å². The Labute approximate surface area is 282 Å². The fourth-order valence-electron chi connectivity index (χ4n) is 6.27. The molecule has 1 aromatic carbocycles. The molecule has 0 bridgehead atoms. The van der Waals surface area contributed by atoms with E-state index in [1.165, 1.54) is 18.3 Å². The van der Waals surface area contributed by atoms with E-state index in [1.807, 2.05) is 56.1 Å². The molecule has 0 unspecified atom stereocenters. The zero-order valence-corrected chi connectivity index (χ0v) is 29.4. The molecule has 6 atom stereocenters. The molecule has 0 aliphatic carbocycles. The molecular formula is C35H50N4O7S. The number of likely N-dealkylation sites (tertiary alicyclic amines) is 1. The summed E-state index contributed by atoms with van der Waals surface area (Å²) in [6.45, 7) is 9.53. The number of hydrogen-bond donors (Lipinski definition) is 2. The van der Waals surface area contributed by atoms with E-state index in [-0.39, 0.29) is 54.6 Å². The lowest BCUT2D eigenvalue weighted by atomic mass is 9.93. The predicted octanol–water partition coefficient (Wildman–Crippen LogP) is 4.76. The molecule has 2 amide bonds. The Hall–Kier alpha value is -3.64. The van der Waals surface area contributed by atoms with Crippen LogP contribution in [0.2, 0.25) is 0 Å². The van der Waals surface area contributed by atoms with Gasteiger partial charge in [-0.25, -0.2) is 4.98 Å². The van der Waals surface area contributed by atoms with Crippen LogP contribution in [-0.4, -0.2) is 88.2 Å². The third kappa shape index (κ3) is 11.0. The zero-order valence-electron chi connectivity index (χ0n) is 28.6. The fourth-order valence-corrected chi connectivity index (χ4v) is 7.11. The van der Waals surface area contributed by atoms with Crippen molar-refractivity contribution in [2.75, 3.05) is 20.6 Å². The first-order valence-electron chi connectivity index (χ1n) is 16.4. The average Bonchev–Trinajstić information content (AvgIpc) is 3.68. The van der Waals surface area contributed by atoms with E-state index in [0.29, 0.717) is 11.4 Å². The van der Waals surface area contributed by atoms with Gasteiger partial charge >= 0.3 is 11.9 Å².